The fourth-order valence-corrected chi connectivity index (χ4v) is 1.93. The number of hydrogen-bond acceptors (Lipinski definition) is 1. The van der Waals surface area contributed by atoms with E-state index in [4.69, 9.17) is 11.6 Å². The van der Waals surface area contributed by atoms with E-state index in [0.717, 1.165) is 11.1 Å². The minimum absolute atomic E-state index is 0.413. The Labute approximate surface area is 100 Å². The van der Waals surface area contributed by atoms with Gasteiger partial charge >= 0.3 is 0 Å². The third-order valence-corrected chi connectivity index (χ3v) is 3.03. The zero-order valence-corrected chi connectivity index (χ0v) is 9.51. The standard InChI is InChI=1S/C14H13ClO/c15-13(11-7-3-1-4-8-11)14(16)12-9-5-2-6-10-12/h1-10,13-14,16H/t13-,14+/m0/s1. The van der Waals surface area contributed by atoms with Crippen LogP contribution in [-0.2, 0) is 0 Å². The van der Waals surface area contributed by atoms with Crippen molar-refractivity contribution in [1.29, 1.82) is 0 Å². The topological polar surface area (TPSA) is 20.2 Å². The largest absolute Gasteiger partial charge is 0.387 e. The molecule has 2 rings (SSSR count). The fraction of sp³-hybridized carbons (Fsp3) is 0.143. The molecule has 2 heteroatoms. The molecule has 0 aliphatic carbocycles. The second kappa shape index (κ2) is 5.15. The molecule has 0 amide bonds. The number of hydrogen-bond donors (Lipinski definition) is 1. The molecule has 2 aromatic rings. The first-order valence-corrected chi connectivity index (χ1v) is 5.64. The van der Waals surface area contributed by atoms with Gasteiger partial charge in [-0.15, -0.1) is 11.6 Å². The third-order valence-electron chi connectivity index (χ3n) is 2.54. The van der Waals surface area contributed by atoms with E-state index >= 15 is 0 Å². The highest BCUT2D eigenvalue weighted by Crippen LogP contribution is 2.33. The van der Waals surface area contributed by atoms with Crippen LogP contribution in [0.3, 0.4) is 0 Å². The quantitative estimate of drug-likeness (QED) is 0.800. The van der Waals surface area contributed by atoms with Gasteiger partial charge in [-0.1, -0.05) is 60.7 Å². The van der Waals surface area contributed by atoms with Crippen LogP contribution in [0.1, 0.15) is 22.6 Å². The van der Waals surface area contributed by atoms with Crippen molar-refractivity contribution in [3.05, 3.63) is 71.8 Å². The average molecular weight is 233 g/mol. The lowest BCUT2D eigenvalue weighted by Crippen LogP contribution is -2.05. The molecule has 0 spiro atoms. The van der Waals surface area contributed by atoms with Gasteiger partial charge in [0.05, 0.1) is 11.5 Å². The highest BCUT2D eigenvalue weighted by atomic mass is 35.5. The maximum absolute atomic E-state index is 10.1. The monoisotopic (exact) mass is 232 g/mol. The van der Waals surface area contributed by atoms with Crippen LogP contribution in [0, 0.1) is 0 Å². The normalized spacial score (nSPS) is 14.4. The third kappa shape index (κ3) is 2.43. The number of rotatable bonds is 3. The van der Waals surface area contributed by atoms with Gasteiger partial charge in [0.15, 0.2) is 0 Å². The fourth-order valence-electron chi connectivity index (χ4n) is 1.64. The summed E-state index contributed by atoms with van der Waals surface area (Å²) in [6, 6.07) is 19.1. The lowest BCUT2D eigenvalue weighted by Gasteiger charge is -2.17. The zero-order valence-electron chi connectivity index (χ0n) is 8.75. The summed E-state index contributed by atoms with van der Waals surface area (Å²) in [5, 5.41) is 9.70. The number of aliphatic hydroxyl groups excluding tert-OH is 1. The van der Waals surface area contributed by atoms with Gasteiger partial charge < -0.3 is 5.11 Å². The second-order valence-corrected chi connectivity index (χ2v) is 4.14. The van der Waals surface area contributed by atoms with Crippen molar-refractivity contribution < 1.29 is 5.11 Å². The maximum atomic E-state index is 10.1. The summed E-state index contributed by atoms with van der Waals surface area (Å²) in [5.74, 6) is 0. The van der Waals surface area contributed by atoms with Crippen LogP contribution in [0.15, 0.2) is 60.7 Å². The van der Waals surface area contributed by atoms with Crippen LogP contribution in [-0.4, -0.2) is 5.11 Å². The zero-order chi connectivity index (χ0) is 11.4. The molecular weight excluding hydrogens is 220 g/mol. The molecule has 1 N–H and O–H groups in total. The molecule has 0 aliphatic heterocycles. The summed E-state index contributed by atoms with van der Waals surface area (Å²) in [7, 11) is 0. The van der Waals surface area contributed by atoms with E-state index in [1.807, 2.05) is 60.7 Å². The molecule has 0 fully saturated rings. The second-order valence-electron chi connectivity index (χ2n) is 3.67. The van der Waals surface area contributed by atoms with Gasteiger partial charge in [-0.3, -0.25) is 0 Å². The molecular formula is C14H13ClO. The van der Waals surface area contributed by atoms with E-state index < -0.39 is 11.5 Å². The molecule has 0 aliphatic rings. The SMILES string of the molecule is O[C@H](c1ccccc1)[C@@H](Cl)c1ccccc1. The van der Waals surface area contributed by atoms with Crippen LogP contribution >= 0.6 is 11.6 Å². The first kappa shape index (κ1) is 11.2. The van der Waals surface area contributed by atoms with Crippen molar-refractivity contribution in [2.75, 3.05) is 0 Å². The molecule has 0 saturated carbocycles. The highest BCUT2D eigenvalue weighted by Gasteiger charge is 2.19. The van der Waals surface area contributed by atoms with Crippen molar-refractivity contribution in [1.82, 2.24) is 0 Å². The Kier molecular flexibility index (Phi) is 3.60. The van der Waals surface area contributed by atoms with E-state index in [9.17, 15) is 5.11 Å². The van der Waals surface area contributed by atoms with Crippen LogP contribution in [0.4, 0.5) is 0 Å². The Bertz CT molecular complexity index is 384. The molecule has 0 saturated heterocycles. The van der Waals surface area contributed by atoms with Gasteiger partial charge in [0.2, 0.25) is 0 Å². The Morgan fingerprint density at radius 1 is 0.750 bits per heavy atom. The summed E-state index contributed by atoms with van der Waals surface area (Å²) >= 11 is 6.24. The van der Waals surface area contributed by atoms with E-state index in [2.05, 4.69) is 0 Å². The smallest absolute Gasteiger partial charge is 0.0994 e. The van der Waals surface area contributed by atoms with Crippen molar-refractivity contribution in [2.24, 2.45) is 0 Å². The minimum atomic E-state index is -0.676. The Morgan fingerprint density at radius 2 is 1.19 bits per heavy atom. The van der Waals surface area contributed by atoms with Crippen molar-refractivity contribution in [3.8, 4) is 0 Å². The minimum Gasteiger partial charge on any atom is -0.387 e. The van der Waals surface area contributed by atoms with Gasteiger partial charge in [0, 0.05) is 0 Å². The van der Waals surface area contributed by atoms with Gasteiger partial charge in [-0.05, 0) is 11.1 Å². The molecule has 0 unspecified atom stereocenters. The molecule has 0 radical (unpaired) electrons. The number of halogens is 1. The van der Waals surface area contributed by atoms with E-state index in [-0.39, 0.29) is 0 Å². The first-order valence-electron chi connectivity index (χ1n) is 5.21. The lowest BCUT2D eigenvalue weighted by atomic mass is 10.0. The van der Waals surface area contributed by atoms with Gasteiger partial charge in [-0.2, -0.15) is 0 Å². The average Bonchev–Trinajstić information content (AvgIpc) is 2.39. The molecule has 2 aromatic carbocycles. The number of aliphatic hydroxyl groups is 1. The van der Waals surface area contributed by atoms with Gasteiger partial charge in [-0.25, -0.2) is 0 Å². The van der Waals surface area contributed by atoms with Crippen molar-refractivity contribution in [3.63, 3.8) is 0 Å². The summed E-state index contributed by atoms with van der Waals surface area (Å²) in [4.78, 5) is 0. The van der Waals surface area contributed by atoms with Gasteiger partial charge in [0.25, 0.3) is 0 Å². The molecule has 82 valence electrons. The summed E-state index contributed by atoms with van der Waals surface area (Å²) < 4.78 is 0. The Hall–Kier alpha value is -1.31. The van der Waals surface area contributed by atoms with E-state index in [0.29, 0.717) is 0 Å². The van der Waals surface area contributed by atoms with E-state index in [1.54, 1.807) is 0 Å². The van der Waals surface area contributed by atoms with Crippen LogP contribution in [0.5, 0.6) is 0 Å². The summed E-state index contributed by atoms with van der Waals surface area (Å²) in [6.45, 7) is 0. The van der Waals surface area contributed by atoms with Crippen molar-refractivity contribution in [2.45, 2.75) is 11.5 Å². The van der Waals surface area contributed by atoms with Gasteiger partial charge in [0.1, 0.15) is 0 Å². The van der Waals surface area contributed by atoms with Crippen molar-refractivity contribution >= 4 is 11.6 Å². The predicted molar refractivity (Wildman–Crippen MR) is 66.4 cm³/mol. The molecule has 0 bridgehead atoms. The molecule has 2 atom stereocenters. The maximum Gasteiger partial charge on any atom is 0.0994 e. The predicted octanol–water partition coefficient (Wildman–Crippen LogP) is 3.70. The summed E-state index contributed by atoms with van der Waals surface area (Å²) in [5.41, 5.74) is 1.77. The number of alkyl halides is 1. The summed E-state index contributed by atoms with van der Waals surface area (Å²) in [6.07, 6.45) is -0.676. The number of benzene rings is 2. The highest BCUT2D eigenvalue weighted by molar-refractivity contribution is 6.21. The first-order chi connectivity index (χ1) is 7.79. The van der Waals surface area contributed by atoms with Crippen LogP contribution < -0.4 is 0 Å². The Morgan fingerprint density at radius 3 is 1.69 bits per heavy atom. The molecule has 1 nitrogen and oxygen atoms in total. The Balaban J connectivity index is 2.20. The molecule has 16 heavy (non-hydrogen) atoms. The van der Waals surface area contributed by atoms with Crippen LogP contribution in [0.2, 0.25) is 0 Å². The molecule has 0 heterocycles. The van der Waals surface area contributed by atoms with E-state index in [1.165, 1.54) is 0 Å². The molecule has 0 aromatic heterocycles. The lowest BCUT2D eigenvalue weighted by molar-refractivity contribution is 0.172. The van der Waals surface area contributed by atoms with Crippen LogP contribution in [0.25, 0.3) is 0 Å².